The zero-order valence-electron chi connectivity index (χ0n) is 9.20. The number of benzene rings is 1. The molecular formula is C12H15FN2O. The molecule has 1 aromatic rings. The lowest BCUT2D eigenvalue weighted by molar-refractivity contribution is 0.238. The average molecular weight is 222 g/mol. The summed E-state index contributed by atoms with van der Waals surface area (Å²) in [4.78, 5) is 0. The maximum Gasteiger partial charge on any atom is 0.140 e. The van der Waals surface area contributed by atoms with E-state index in [0.717, 1.165) is 12.0 Å². The van der Waals surface area contributed by atoms with Crippen LogP contribution in [0.3, 0.4) is 0 Å². The van der Waals surface area contributed by atoms with Crippen molar-refractivity contribution in [3.8, 4) is 6.07 Å². The van der Waals surface area contributed by atoms with Crippen LogP contribution in [-0.2, 0) is 6.54 Å². The summed E-state index contributed by atoms with van der Waals surface area (Å²) in [6, 6.07) is 6.28. The van der Waals surface area contributed by atoms with Crippen molar-refractivity contribution in [1.82, 2.24) is 5.32 Å². The van der Waals surface area contributed by atoms with Crippen LogP contribution >= 0.6 is 0 Å². The highest BCUT2D eigenvalue weighted by Gasteiger charge is 2.05. The first kappa shape index (κ1) is 12.6. The van der Waals surface area contributed by atoms with Gasteiger partial charge in [-0.15, -0.1) is 0 Å². The van der Waals surface area contributed by atoms with Gasteiger partial charge in [-0.3, -0.25) is 0 Å². The van der Waals surface area contributed by atoms with Crippen molar-refractivity contribution >= 4 is 0 Å². The Morgan fingerprint density at radius 2 is 2.31 bits per heavy atom. The Morgan fingerprint density at radius 1 is 1.56 bits per heavy atom. The van der Waals surface area contributed by atoms with E-state index < -0.39 is 5.82 Å². The molecule has 0 spiro atoms. The highest BCUT2D eigenvalue weighted by molar-refractivity contribution is 5.34. The van der Waals surface area contributed by atoms with E-state index in [4.69, 9.17) is 10.4 Å². The minimum atomic E-state index is -0.500. The number of rotatable bonds is 5. The predicted molar refractivity (Wildman–Crippen MR) is 59.1 cm³/mol. The van der Waals surface area contributed by atoms with Crippen molar-refractivity contribution in [3.05, 3.63) is 35.1 Å². The van der Waals surface area contributed by atoms with Crippen LogP contribution in [0, 0.1) is 17.1 Å². The van der Waals surface area contributed by atoms with Crippen LogP contribution in [0.4, 0.5) is 4.39 Å². The van der Waals surface area contributed by atoms with E-state index in [-0.39, 0.29) is 18.2 Å². The first-order valence-corrected chi connectivity index (χ1v) is 5.24. The van der Waals surface area contributed by atoms with Crippen LogP contribution in [0.15, 0.2) is 18.2 Å². The molecule has 0 aliphatic carbocycles. The standard InChI is InChI=1S/C12H15FN2O/c1-2-11(8-16)15-7-9-3-4-12(13)10(5-9)6-14/h3-5,11,15-16H,2,7-8H2,1H3/t11-/m0/s1. The summed E-state index contributed by atoms with van der Waals surface area (Å²) in [6.07, 6.45) is 0.822. The summed E-state index contributed by atoms with van der Waals surface area (Å²) in [5, 5.41) is 20.8. The second kappa shape index (κ2) is 6.21. The molecule has 1 rings (SSSR count). The predicted octanol–water partition coefficient (Wildman–Crippen LogP) is 1.56. The van der Waals surface area contributed by atoms with Crippen LogP contribution in [0.25, 0.3) is 0 Å². The van der Waals surface area contributed by atoms with Gasteiger partial charge in [-0.1, -0.05) is 13.0 Å². The van der Waals surface area contributed by atoms with Gasteiger partial charge in [0.15, 0.2) is 0 Å². The number of aliphatic hydroxyl groups is 1. The number of nitrogens with one attached hydrogen (secondary N) is 1. The molecule has 3 nitrogen and oxygen atoms in total. The van der Waals surface area contributed by atoms with Crippen LogP contribution in [0.5, 0.6) is 0 Å². The normalized spacial score (nSPS) is 12.1. The van der Waals surface area contributed by atoms with E-state index in [1.54, 1.807) is 12.1 Å². The molecule has 0 bridgehead atoms. The Bertz CT molecular complexity index is 383. The molecule has 0 aliphatic heterocycles. The summed E-state index contributed by atoms with van der Waals surface area (Å²) < 4.78 is 13.0. The van der Waals surface area contributed by atoms with Gasteiger partial charge >= 0.3 is 0 Å². The van der Waals surface area contributed by atoms with E-state index in [0.29, 0.717) is 6.54 Å². The van der Waals surface area contributed by atoms with E-state index in [2.05, 4.69) is 5.32 Å². The van der Waals surface area contributed by atoms with Crippen LogP contribution in [0.2, 0.25) is 0 Å². The third-order valence-corrected chi connectivity index (χ3v) is 2.46. The van der Waals surface area contributed by atoms with E-state index in [1.165, 1.54) is 12.1 Å². The Balaban J connectivity index is 2.65. The largest absolute Gasteiger partial charge is 0.395 e. The smallest absolute Gasteiger partial charge is 0.140 e. The van der Waals surface area contributed by atoms with Crippen LogP contribution in [-0.4, -0.2) is 17.8 Å². The van der Waals surface area contributed by atoms with E-state index >= 15 is 0 Å². The molecule has 1 atom stereocenters. The molecule has 4 heteroatoms. The zero-order valence-corrected chi connectivity index (χ0v) is 9.20. The van der Waals surface area contributed by atoms with Crippen molar-refractivity contribution in [2.24, 2.45) is 0 Å². The highest BCUT2D eigenvalue weighted by atomic mass is 19.1. The first-order chi connectivity index (χ1) is 7.71. The molecule has 0 aliphatic rings. The molecule has 0 saturated heterocycles. The van der Waals surface area contributed by atoms with Crippen LogP contribution < -0.4 is 5.32 Å². The topological polar surface area (TPSA) is 56.0 Å². The Morgan fingerprint density at radius 3 is 2.88 bits per heavy atom. The molecule has 86 valence electrons. The molecule has 16 heavy (non-hydrogen) atoms. The van der Waals surface area contributed by atoms with Gasteiger partial charge in [0.05, 0.1) is 12.2 Å². The minimum absolute atomic E-state index is 0.0376. The van der Waals surface area contributed by atoms with Crippen LogP contribution in [0.1, 0.15) is 24.5 Å². The molecule has 0 fully saturated rings. The first-order valence-electron chi connectivity index (χ1n) is 5.24. The highest BCUT2D eigenvalue weighted by Crippen LogP contribution is 2.09. The van der Waals surface area contributed by atoms with Gasteiger partial charge in [0.25, 0.3) is 0 Å². The molecule has 2 N–H and O–H groups in total. The monoisotopic (exact) mass is 222 g/mol. The minimum Gasteiger partial charge on any atom is -0.395 e. The second-order valence-corrected chi connectivity index (χ2v) is 3.59. The molecular weight excluding hydrogens is 207 g/mol. The molecule has 0 unspecified atom stereocenters. The fourth-order valence-electron chi connectivity index (χ4n) is 1.37. The molecule has 0 saturated carbocycles. The maximum absolute atomic E-state index is 13.0. The van der Waals surface area contributed by atoms with Gasteiger partial charge in [-0.25, -0.2) is 4.39 Å². The average Bonchev–Trinajstić information content (AvgIpc) is 2.32. The SMILES string of the molecule is CC[C@@H](CO)NCc1ccc(F)c(C#N)c1. The summed E-state index contributed by atoms with van der Waals surface area (Å²) in [7, 11) is 0. The van der Waals surface area contributed by atoms with Gasteiger partial charge in [0.2, 0.25) is 0 Å². The van der Waals surface area contributed by atoms with E-state index in [9.17, 15) is 4.39 Å². The maximum atomic E-state index is 13.0. The Hall–Kier alpha value is -1.44. The van der Waals surface area contributed by atoms with Gasteiger partial charge in [-0.2, -0.15) is 5.26 Å². The van der Waals surface area contributed by atoms with Crippen molar-refractivity contribution in [1.29, 1.82) is 5.26 Å². The molecule has 0 heterocycles. The quantitative estimate of drug-likeness (QED) is 0.794. The van der Waals surface area contributed by atoms with Crippen molar-refractivity contribution in [2.45, 2.75) is 25.9 Å². The number of hydrogen-bond acceptors (Lipinski definition) is 3. The lowest BCUT2D eigenvalue weighted by Crippen LogP contribution is -2.31. The van der Waals surface area contributed by atoms with Gasteiger partial charge < -0.3 is 10.4 Å². The molecule has 0 aromatic heterocycles. The van der Waals surface area contributed by atoms with Gasteiger partial charge in [-0.05, 0) is 24.1 Å². The summed E-state index contributed by atoms with van der Waals surface area (Å²) in [6.45, 7) is 2.57. The van der Waals surface area contributed by atoms with E-state index in [1.807, 2.05) is 6.92 Å². The molecule has 0 amide bonds. The van der Waals surface area contributed by atoms with Crippen molar-refractivity contribution in [3.63, 3.8) is 0 Å². The Labute approximate surface area is 94.5 Å². The zero-order chi connectivity index (χ0) is 12.0. The van der Waals surface area contributed by atoms with Crippen molar-refractivity contribution in [2.75, 3.05) is 6.61 Å². The number of nitriles is 1. The number of nitrogens with zero attached hydrogens (tertiary/aromatic N) is 1. The third-order valence-electron chi connectivity index (χ3n) is 2.46. The summed E-state index contributed by atoms with van der Waals surface area (Å²) in [5.41, 5.74) is 0.890. The lowest BCUT2D eigenvalue weighted by atomic mass is 10.1. The lowest BCUT2D eigenvalue weighted by Gasteiger charge is -2.13. The van der Waals surface area contributed by atoms with Gasteiger partial charge in [0, 0.05) is 12.6 Å². The second-order valence-electron chi connectivity index (χ2n) is 3.59. The number of hydrogen-bond donors (Lipinski definition) is 2. The summed E-state index contributed by atoms with van der Waals surface area (Å²) in [5.74, 6) is -0.500. The van der Waals surface area contributed by atoms with Crippen molar-refractivity contribution < 1.29 is 9.50 Å². The number of halogens is 1. The Kier molecular flexibility index (Phi) is 4.90. The third kappa shape index (κ3) is 3.30. The molecule has 0 radical (unpaired) electrons. The fraction of sp³-hybridized carbons (Fsp3) is 0.417. The fourth-order valence-corrected chi connectivity index (χ4v) is 1.37. The number of aliphatic hydroxyl groups excluding tert-OH is 1. The van der Waals surface area contributed by atoms with Gasteiger partial charge in [0.1, 0.15) is 11.9 Å². The summed E-state index contributed by atoms with van der Waals surface area (Å²) >= 11 is 0. The molecule has 1 aromatic carbocycles.